The Balaban J connectivity index is 2.08. The lowest BCUT2D eigenvalue weighted by Gasteiger charge is -2.29. The highest BCUT2D eigenvalue weighted by Crippen LogP contribution is 2.25. The van der Waals surface area contributed by atoms with Gasteiger partial charge in [0.25, 0.3) is 0 Å². The van der Waals surface area contributed by atoms with Gasteiger partial charge < -0.3 is 15.0 Å². The van der Waals surface area contributed by atoms with Gasteiger partial charge in [-0.25, -0.2) is 0 Å². The van der Waals surface area contributed by atoms with Gasteiger partial charge in [0, 0.05) is 28.9 Å². The van der Waals surface area contributed by atoms with Crippen molar-refractivity contribution in [1.29, 1.82) is 0 Å². The number of nitrogens with zero attached hydrogens (tertiary/aromatic N) is 1. The minimum atomic E-state index is -0.592. The Morgan fingerprint density at radius 3 is 2.66 bits per heavy atom. The third-order valence-corrected chi connectivity index (χ3v) is 6.54. The average molecular weight is 497 g/mol. The Kier molecular flexibility index (Phi) is 11.2. The molecule has 0 aromatic heterocycles. The predicted octanol–water partition coefficient (Wildman–Crippen LogP) is 5.57. The first-order valence-corrected chi connectivity index (χ1v) is 12.5. The second kappa shape index (κ2) is 13.6. The number of carbonyl (C=O) groups is 2. The number of hydrogen-bond acceptors (Lipinski definition) is 4. The van der Waals surface area contributed by atoms with Crippen molar-refractivity contribution < 1.29 is 14.3 Å². The fourth-order valence-electron chi connectivity index (χ4n) is 3.06. The Labute approximate surface area is 204 Å². The number of methoxy groups -OCH3 is 1. The van der Waals surface area contributed by atoms with E-state index in [1.54, 1.807) is 31.1 Å². The number of hydrogen-bond donors (Lipinski definition) is 1. The molecular formula is C24H30Cl2N2O3S. The van der Waals surface area contributed by atoms with Crippen LogP contribution < -0.4 is 10.1 Å². The smallest absolute Gasteiger partial charge is 0.242 e. The number of benzene rings is 2. The maximum absolute atomic E-state index is 13.1. The number of amides is 2. The largest absolute Gasteiger partial charge is 0.497 e. The zero-order valence-electron chi connectivity index (χ0n) is 18.7. The van der Waals surface area contributed by atoms with Crippen LogP contribution in [-0.4, -0.2) is 42.2 Å². The van der Waals surface area contributed by atoms with Gasteiger partial charge in [0.1, 0.15) is 11.8 Å². The number of rotatable bonds is 12. The average Bonchev–Trinajstić information content (AvgIpc) is 2.78. The number of halogens is 2. The molecule has 0 aliphatic heterocycles. The normalized spacial score (nSPS) is 11.7. The second-order valence-corrected chi connectivity index (χ2v) is 9.25. The molecule has 2 aromatic rings. The fourth-order valence-corrected chi connectivity index (χ4v) is 4.52. The number of unbranched alkanes of at least 4 members (excludes halogenated alkanes) is 1. The summed E-state index contributed by atoms with van der Waals surface area (Å²) in [5, 5.41) is 4.08. The topological polar surface area (TPSA) is 58.6 Å². The SMILES string of the molecule is CCCCNC(=O)[C@H](C)N(Cc1cccc(OC)c1)C(=O)CSCc1ccc(Cl)cc1Cl. The molecule has 0 unspecified atom stereocenters. The van der Waals surface area contributed by atoms with Crippen LogP contribution in [-0.2, 0) is 21.9 Å². The summed E-state index contributed by atoms with van der Waals surface area (Å²) in [6.07, 6.45) is 1.89. The number of ether oxygens (including phenoxy) is 1. The van der Waals surface area contributed by atoms with Crippen LogP contribution in [0.15, 0.2) is 42.5 Å². The standard InChI is InChI=1S/C24H30Cl2N2O3S/c1-4-5-11-27-24(30)17(2)28(14-18-7-6-8-21(12-18)31-3)23(29)16-32-15-19-9-10-20(25)13-22(19)26/h6-10,12-13,17H,4-5,11,14-16H2,1-3H3,(H,27,30)/t17-/m0/s1. The van der Waals surface area contributed by atoms with Crippen LogP contribution in [0.4, 0.5) is 0 Å². The molecule has 32 heavy (non-hydrogen) atoms. The molecule has 0 bridgehead atoms. The molecule has 2 rings (SSSR count). The lowest BCUT2D eigenvalue weighted by molar-refractivity contribution is -0.138. The van der Waals surface area contributed by atoms with Gasteiger partial charge in [0.15, 0.2) is 0 Å². The molecule has 2 amide bonds. The van der Waals surface area contributed by atoms with Gasteiger partial charge in [-0.3, -0.25) is 9.59 Å². The van der Waals surface area contributed by atoms with Crippen molar-refractivity contribution >= 4 is 46.8 Å². The van der Waals surface area contributed by atoms with Crippen molar-refractivity contribution in [3.05, 3.63) is 63.6 Å². The van der Waals surface area contributed by atoms with Crippen molar-refractivity contribution in [1.82, 2.24) is 10.2 Å². The molecule has 5 nitrogen and oxygen atoms in total. The van der Waals surface area contributed by atoms with Gasteiger partial charge in [-0.15, -0.1) is 11.8 Å². The van der Waals surface area contributed by atoms with Crippen LogP contribution in [0.3, 0.4) is 0 Å². The summed E-state index contributed by atoms with van der Waals surface area (Å²) in [6, 6.07) is 12.3. The van der Waals surface area contributed by atoms with E-state index in [4.69, 9.17) is 27.9 Å². The van der Waals surface area contributed by atoms with E-state index < -0.39 is 6.04 Å². The summed E-state index contributed by atoms with van der Waals surface area (Å²) in [4.78, 5) is 27.4. The van der Waals surface area contributed by atoms with Crippen LogP contribution in [0, 0.1) is 0 Å². The zero-order valence-corrected chi connectivity index (χ0v) is 21.0. The van der Waals surface area contributed by atoms with E-state index in [0.717, 1.165) is 24.0 Å². The Hall–Kier alpha value is -1.89. The molecule has 0 radical (unpaired) electrons. The second-order valence-electron chi connectivity index (χ2n) is 7.42. The molecule has 1 N–H and O–H groups in total. The number of thioether (sulfide) groups is 1. The summed E-state index contributed by atoms with van der Waals surface area (Å²) in [6.45, 7) is 4.75. The van der Waals surface area contributed by atoms with E-state index in [0.29, 0.717) is 34.6 Å². The van der Waals surface area contributed by atoms with Crippen LogP contribution in [0.2, 0.25) is 10.0 Å². The number of nitrogens with one attached hydrogen (secondary N) is 1. The van der Waals surface area contributed by atoms with Crippen molar-refractivity contribution in [2.45, 2.75) is 45.0 Å². The predicted molar refractivity (Wildman–Crippen MR) is 134 cm³/mol. The van der Waals surface area contributed by atoms with E-state index in [1.165, 1.54) is 11.8 Å². The Bertz CT molecular complexity index is 911. The molecule has 0 spiro atoms. The van der Waals surface area contributed by atoms with E-state index >= 15 is 0 Å². The summed E-state index contributed by atoms with van der Waals surface area (Å²) in [5.41, 5.74) is 1.82. The minimum absolute atomic E-state index is 0.110. The van der Waals surface area contributed by atoms with Crippen molar-refractivity contribution in [3.8, 4) is 5.75 Å². The van der Waals surface area contributed by atoms with Crippen molar-refractivity contribution in [3.63, 3.8) is 0 Å². The molecule has 0 aliphatic rings. The molecule has 8 heteroatoms. The lowest BCUT2D eigenvalue weighted by Crippen LogP contribution is -2.48. The molecule has 2 aromatic carbocycles. The van der Waals surface area contributed by atoms with Crippen LogP contribution >= 0.6 is 35.0 Å². The first-order valence-electron chi connectivity index (χ1n) is 10.6. The molecule has 1 atom stereocenters. The summed E-state index contributed by atoms with van der Waals surface area (Å²) < 4.78 is 5.30. The summed E-state index contributed by atoms with van der Waals surface area (Å²) in [7, 11) is 1.60. The van der Waals surface area contributed by atoms with E-state index in [2.05, 4.69) is 12.2 Å². The van der Waals surface area contributed by atoms with E-state index in [-0.39, 0.29) is 17.6 Å². The fraction of sp³-hybridized carbons (Fsp3) is 0.417. The number of carbonyl (C=O) groups excluding carboxylic acids is 2. The maximum atomic E-state index is 13.1. The Morgan fingerprint density at radius 2 is 1.97 bits per heavy atom. The molecule has 0 aliphatic carbocycles. The Morgan fingerprint density at radius 1 is 1.19 bits per heavy atom. The highest BCUT2D eigenvalue weighted by Gasteiger charge is 2.26. The molecular weight excluding hydrogens is 467 g/mol. The van der Waals surface area contributed by atoms with E-state index in [9.17, 15) is 9.59 Å². The first kappa shape index (κ1) is 26.4. The van der Waals surface area contributed by atoms with Crippen molar-refractivity contribution in [2.75, 3.05) is 19.4 Å². The van der Waals surface area contributed by atoms with Gasteiger partial charge in [-0.1, -0.05) is 54.7 Å². The van der Waals surface area contributed by atoms with Gasteiger partial charge in [-0.2, -0.15) is 0 Å². The lowest BCUT2D eigenvalue weighted by atomic mass is 10.1. The van der Waals surface area contributed by atoms with Crippen LogP contribution in [0.5, 0.6) is 5.75 Å². The molecule has 174 valence electrons. The van der Waals surface area contributed by atoms with Crippen LogP contribution in [0.1, 0.15) is 37.8 Å². The molecule has 0 fully saturated rings. The third-order valence-electron chi connectivity index (χ3n) is 4.98. The van der Waals surface area contributed by atoms with E-state index in [1.807, 2.05) is 30.3 Å². The highest BCUT2D eigenvalue weighted by molar-refractivity contribution is 7.99. The van der Waals surface area contributed by atoms with Gasteiger partial charge >= 0.3 is 0 Å². The zero-order chi connectivity index (χ0) is 23.5. The molecule has 0 heterocycles. The van der Waals surface area contributed by atoms with Gasteiger partial charge in [-0.05, 0) is 48.7 Å². The van der Waals surface area contributed by atoms with Gasteiger partial charge in [0.05, 0.1) is 12.9 Å². The quantitative estimate of drug-likeness (QED) is 0.390. The molecule has 0 saturated carbocycles. The highest BCUT2D eigenvalue weighted by atomic mass is 35.5. The maximum Gasteiger partial charge on any atom is 0.242 e. The summed E-state index contributed by atoms with van der Waals surface area (Å²) in [5.74, 6) is 1.25. The third kappa shape index (κ3) is 8.23. The first-order chi connectivity index (χ1) is 15.3. The van der Waals surface area contributed by atoms with Crippen LogP contribution in [0.25, 0.3) is 0 Å². The molecule has 0 saturated heterocycles. The van der Waals surface area contributed by atoms with Crippen molar-refractivity contribution in [2.24, 2.45) is 0 Å². The van der Waals surface area contributed by atoms with Gasteiger partial charge in [0.2, 0.25) is 11.8 Å². The monoisotopic (exact) mass is 496 g/mol. The summed E-state index contributed by atoms with van der Waals surface area (Å²) >= 11 is 13.6. The minimum Gasteiger partial charge on any atom is -0.497 e.